The zero-order valence-electron chi connectivity index (χ0n) is 18.4. The molecule has 1 fully saturated rings. The number of pyridine rings is 1. The van der Waals surface area contributed by atoms with Gasteiger partial charge in [0.05, 0.1) is 22.5 Å². The van der Waals surface area contributed by atoms with Crippen molar-refractivity contribution in [3.8, 4) is 11.4 Å². The molecule has 0 spiro atoms. The number of aromatic amines is 1. The van der Waals surface area contributed by atoms with E-state index >= 15 is 4.39 Å². The second-order valence-corrected chi connectivity index (χ2v) is 8.60. The van der Waals surface area contributed by atoms with E-state index in [4.69, 9.17) is 0 Å². The number of anilines is 1. The summed E-state index contributed by atoms with van der Waals surface area (Å²) in [5.41, 5.74) is 1.55. The number of aromatic nitrogens is 5. The summed E-state index contributed by atoms with van der Waals surface area (Å²) < 4.78 is 54.1. The lowest BCUT2D eigenvalue weighted by molar-refractivity contribution is -0.137. The Morgan fingerprint density at radius 3 is 2.48 bits per heavy atom. The Morgan fingerprint density at radius 2 is 1.85 bits per heavy atom. The molecule has 0 radical (unpaired) electrons. The van der Waals surface area contributed by atoms with Gasteiger partial charge in [0.1, 0.15) is 5.82 Å². The molecule has 0 saturated carbocycles. The number of halogens is 4. The second-order valence-electron chi connectivity index (χ2n) is 8.60. The molecule has 3 heterocycles. The summed E-state index contributed by atoms with van der Waals surface area (Å²) in [6.45, 7) is 6.82. The van der Waals surface area contributed by atoms with Gasteiger partial charge in [0.15, 0.2) is 0 Å². The molecule has 2 aromatic heterocycles. The number of nitrogens with one attached hydrogen (secondary N) is 1. The van der Waals surface area contributed by atoms with Gasteiger partial charge in [-0.2, -0.15) is 18.4 Å². The topological polar surface area (TPSA) is 73.8 Å². The van der Waals surface area contributed by atoms with Crippen LogP contribution in [0.4, 0.5) is 23.2 Å². The van der Waals surface area contributed by atoms with E-state index in [0.29, 0.717) is 55.6 Å². The molecule has 0 atom stereocenters. The van der Waals surface area contributed by atoms with E-state index in [1.807, 2.05) is 11.0 Å². The third-order valence-electron chi connectivity index (χ3n) is 5.58. The predicted octanol–water partition coefficient (Wildman–Crippen LogP) is 3.94. The van der Waals surface area contributed by atoms with Crippen molar-refractivity contribution in [1.82, 2.24) is 30.5 Å². The van der Waals surface area contributed by atoms with Crippen LogP contribution in [0.15, 0.2) is 30.5 Å². The standard InChI is InChI=1S/C22H25F4N7/c1-14(2)9-15-10-18(23)20(21-28-30-31-29-21)19(11-15)33-7-5-32(6-8-33)13-17-12-16(3-4-27-17)22(24,25)26/h3-4,10-12,14H,5-9,13H2,1-2H3,(H,28,29,30,31). The van der Waals surface area contributed by atoms with Gasteiger partial charge >= 0.3 is 6.18 Å². The maximum Gasteiger partial charge on any atom is 0.416 e. The van der Waals surface area contributed by atoms with E-state index in [-0.39, 0.29) is 5.82 Å². The van der Waals surface area contributed by atoms with Crippen LogP contribution in [0, 0.1) is 11.7 Å². The summed E-state index contributed by atoms with van der Waals surface area (Å²) in [6, 6.07) is 5.55. The summed E-state index contributed by atoms with van der Waals surface area (Å²) in [5.74, 6) is 0.152. The zero-order chi connectivity index (χ0) is 23.6. The molecule has 176 valence electrons. The highest BCUT2D eigenvalue weighted by molar-refractivity contribution is 5.75. The molecule has 1 aliphatic rings. The van der Waals surface area contributed by atoms with Gasteiger partial charge in [-0.1, -0.05) is 13.8 Å². The molecule has 0 amide bonds. The number of rotatable bonds is 6. The Kier molecular flexibility index (Phi) is 6.59. The van der Waals surface area contributed by atoms with E-state index in [1.165, 1.54) is 12.3 Å². The van der Waals surface area contributed by atoms with Crippen molar-refractivity contribution >= 4 is 5.69 Å². The minimum absolute atomic E-state index is 0.189. The largest absolute Gasteiger partial charge is 0.416 e. The molecule has 1 aromatic carbocycles. The monoisotopic (exact) mass is 463 g/mol. The maximum atomic E-state index is 15.1. The highest BCUT2D eigenvalue weighted by Crippen LogP contribution is 2.34. The van der Waals surface area contributed by atoms with E-state index < -0.39 is 17.6 Å². The highest BCUT2D eigenvalue weighted by Gasteiger charge is 2.31. The second kappa shape index (κ2) is 9.42. The number of nitrogens with zero attached hydrogens (tertiary/aromatic N) is 6. The number of alkyl halides is 3. The van der Waals surface area contributed by atoms with E-state index in [9.17, 15) is 13.2 Å². The SMILES string of the molecule is CC(C)Cc1cc(F)c(-c2nn[nH]n2)c(N2CCN(Cc3cc(C(F)(F)F)ccn3)CC2)c1. The Balaban J connectivity index is 1.52. The van der Waals surface area contributed by atoms with Gasteiger partial charge < -0.3 is 4.90 Å². The van der Waals surface area contributed by atoms with Gasteiger partial charge in [-0.25, -0.2) is 4.39 Å². The quantitative estimate of drug-likeness (QED) is 0.559. The minimum atomic E-state index is -4.40. The first kappa shape index (κ1) is 23.1. The number of hydrogen-bond donors (Lipinski definition) is 1. The summed E-state index contributed by atoms with van der Waals surface area (Å²) >= 11 is 0. The van der Waals surface area contributed by atoms with Crippen LogP contribution in [0.2, 0.25) is 0 Å². The van der Waals surface area contributed by atoms with Gasteiger partial charge in [-0.05, 0) is 47.4 Å². The maximum absolute atomic E-state index is 15.1. The number of benzene rings is 1. The van der Waals surface area contributed by atoms with Gasteiger partial charge in [0.25, 0.3) is 0 Å². The molecule has 4 rings (SSSR count). The number of tetrazole rings is 1. The van der Waals surface area contributed by atoms with Crippen LogP contribution in [0.5, 0.6) is 0 Å². The van der Waals surface area contributed by atoms with Crippen LogP contribution < -0.4 is 4.90 Å². The number of piperazine rings is 1. The van der Waals surface area contributed by atoms with Crippen molar-refractivity contribution in [2.45, 2.75) is 33.0 Å². The van der Waals surface area contributed by atoms with Crippen molar-refractivity contribution < 1.29 is 17.6 Å². The van der Waals surface area contributed by atoms with Gasteiger partial charge in [0, 0.05) is 38.9 Å². The third-order valence-corrected chi connectivity index (χ3v) is 5.58. The van der Waals surface area contributed by atoms with Crippen molar-refractivity contribution in [1.29, 1.82) is 0 Å². The van der Waals surface area contributed by atoms with Crippen molar-refractivity contribution in [2.24, 2.45) is 5.92 Å². The molecule has 3 aromatic rings. The van der Waals surface area contributed by atoms with Crippen molar-refractivity contribution in [3.63, 3.8) is 0 Å². The Morgan fingerprint density at radius 1 is 1.09 bits per heavy atom. The molecule has 1 N–H and O–H groups in total. The normalized spacial score (nSPS) is 15.4. The van der Waals surface area contributed by atoms with Crippen LogP contribution in [-0.2, 0) is 19.1 Å². The first-order valence-corrected chi connectivity index (χ1v) is 10.8. The predicted molar refractivity (Wildman–Crippen MR) is 115 cm³/mol. The molecule has 0 bridgehead atoms. The average molecular weight is 463 g/mol. The summed E-state index contributed by atoms with van der Waals surface area (Å²) in [6.07, 6.45) is -2.47. The molecule has 11 heteroatoms. The van der Waals surface area contributed by atoms with Gasteiger partial charge in [0.2, 0.25) is 5.82 Å². The lowest BCUT2D eigenvalue weighted by Crippen LogP contribution is -2.46. The molecule has 0 unspecified atom stereocenters. The average Bonchev–Trinajstić information content (AvgIpc) is 3.27. The van der Waals surface area contributed by atoms with Crippen molar-refractivity contribution in [3.05, 3.63) is 53.1 Å². The smallest absolute Gasteiger partial charge is 0.368 e. The molecule has 7 nitrogen and oxygen atoms in total. The van der Waals surface area contributed by atoms with E-state index in [2.05, 4.69) is 44.4 Å². The fraction of sp³-hybridized carbons (Fsp3) is 0.455. The molecule has 0 aliphatic carbocycles. The molecule has 33 heavy (non-hydrogen) atoms. The van der Waals surface area contributed by atoms with Crippen LogP contribution in [0.25, 0.3) is 11.4 Å². The Bertz CT molecular complexity index is 1070. The van der Waals surface area contributed by atoms with Gasteiger partial charge in [-0.15, -0.1) is 10.2 Å². The van der Waals surface area contributed by atoms with Crippen molar-refractivity contribution in [2.75, 3.05) is 31.1 Å². The fourth-order valence-corrected chi connectivity index (χ4v) is 4.09. The summed E-state index contributed by atoms with van der Waals surface area (Å²) in [5, 5.41) is 13.9. The van der Waals surface area contributed by atoms with E-state index in [1.54, 1.807) is 0 Å². The minimum Gasteiger partial charge on any atom is -0.368 e. The molecular weight excluding hydrogens is 438 g/mol. The van der Waals surface area contributed by atoms with E-state index in [0.717, 1.165) is 24.1 Å². The highest BCUT2D eigenvalue weighted by atomic mass is 19.4. The zero-order valence-corrected chi connectivity index (χ0v) is 18.4. The number of H-pyrrole nitrogens is 1. The first-order valence-electron chi connectivity index (χ1n) is 10.8. The van der Waals surface area contributed by atoms with Crippen LogP contribution in [-0.4, -0.2) is 56.7 Å². The fourth-order valence-electron chi connectivity index (χ4n) is 4.09. The summed E-state index contributed by atoms with van der Waals surface area (Å²) in [4.78, 5) is 8.20. The number of hydrogen-bond acceptors (Lipinski definition) is 6. The summed E-state index contributed by atoms with van der Waals surface area (Å²) in [7, 11) is 0. The van der Waals surface area contributed by atoms with Crippen LogP contribution >= 0.6 is 0 Å². The van der Waals surface area contributed by atoms with Crippen LogP contribution in [0.1, 0.15) is 30.7 Å². The lowest BCUT2D eigenvalue weighted by atomic mass is 9.98. The third kappa shape index (κ3) is 5.47. The molecule has 1 aliphatic heterocycles. The first-order chi connectivity index (χ1) is 15.7. The molecule has 1 saturated heterocycles. The van der Waals surface area contributed by atoms with Crippen LogP contribution in [0.3, 0.4) is 0 Å². The Labute approximate surface area is 188 Å². The Hall–Kier alpha value is -3.08. The van der Waals surface area contributed by atoms with Gasteiger partial charge in [-0.3, -0.25) is 9.88 Å². The lowest BCUT2D eigenvalue weighted by Gasteiger charge is -2.37. The molecular formula is C22H25F4N7.